The molecule has 1 unspecified atom stereocenters. The Labute approximate surface area is 125 Å². The van der Waals surface area contributed by atoms with Crippen molar-refractivity contribution in [1.29, 1.82) is 0 Å². The Bertz CT molecular complexity index is 602. The van der Waals surface area contributed by atoms with Gasteiger partial charge in [0.2, 0.25) is 0 Å². The predicted octanol–water partition coefficient (Wildman–Crippen LogP) is 4.76. The maximum atomic E-state index is 13.6. The van der Waals surface area contributed by atoms with Crippen molar-refractivity contribution in [3.8, 4) is 11.5 Å². The molecule has 2 aromatic rings. The zero-order valence-electron chi connectivity index (χ0n) is 11.0. The van der Waals surface area contributed by atoms with Crippen LogP contribution < -0.4 is 9.47 Å². The number of benzene rings is 2. The van der Waals surface area contributed by atoms with Crippen molar-refractivity contribution >= 4 is 11.6 Å². The van der Waals surface area contributed by atoms with Gasteiger partial charge in [-0.05, 0) is 35.4 Å². The van der Waals surface area contributed by atoms with Gasteiger partial charge < -0.3 is 9.47 Å². The minimum Gasteiger partial charge on any atom is -0.494 e. The van der Waals surface area contributed by atoms with Gasteiger partial charge in [0, 0.05) is 0 Å². The van der Waals surface area contributed by atoms with E-state index in [1.54, 1.807) is 18.2 Å². The second-order valence-electron chi connectivity index (χ2n) is 4.20. The third-order valence-corrected chi connectivity index (χ3v) is 3.37. The fourth-order valence-electron chi connectivity index (χ4n) is 1.85. The van der Waals surface area contributed by atoms with E-state index in [0.29, 0.717) is 11.1 Å². The second kappa shape index (κ2) is 6.72. The molecular formula is C15H12ClF3O2. The van der Waals surface area contributed by atoms with Crippen LogP contribution in [0.5, 0.6) is 11.5 Å². The summed E-state index contributed by atoms with van der Waals surface area (Å²) >= 11 is 6.26. The van der Waals surface area contributed by atoms with Gasteiger partial charge in [0.1, 0.15) is 5.75 Å². The highest BCUT2D eigenvalue weighted by Gasteiger charge is 2.14. The minimum atomic E-state index is -2.88. The smallest absolute Gasteiger partial charge is 0.387 e. The number of rotatable bonds is 5. The molecule has 0 heterocycles. The molecule has 2 aromatic carbocycles. The summed E-state index contributed by atoms with van der Waals surface area (Å²) in [5.41, 5.74) is 1.18. The Balaban J connectivity index is 2.19. The van der Waals surface area contributed by atoms with Gasteiger partial charge in [0.05, 0.1) is 12.5 Å². The van der Waals surface area contributed by atoms with Crippen LogP contribution >= 0.6 is 11.6 Å². The summed E-state index contributed by atoms with van der Waals surface area (Å²) in [4.78, 5) is 0. The Kier molecular flexibility index (Phi) is 4.96. The molecule has 0 amide bonds. The topological polar surface area (TPSA) is 18.5 Å². The van der Waals surface area contributed by atoms with Crippen LogP contribution in [0.1, 0.15) is 16.5 Å². The highest BCUT2D eigenvalue weighted by Crippen LogP contribution is 2.32. The van der Waals surface area contributed by atoms with E-state index in [9.17, 15) is 13.2 Å². The molecule has 0 N–H and O–H groups in total. The average molecular weight is 317 g/mol. The summed E-state index contributed by atoms with van der Waals surface area (Å²) < 4.78 is 46.8. The first-order valence-electron chi connectivity index (χ1n) is 6.03. The fraction of sp³-hybridized carbons (Fsp3) is 0.200. The van der Waals surface area contributed by atoms with Crippen LogP contribution in [0.25, 0.3) is 0 Å². The van der Waals surface area contributed by atoms with Crippen molar-refractivity contribution in [1.82, 2.24) is 0 Å². The Morgan fingerprint density at radius 1 is 1.00 bits per heavy atom. The Morgan fingerprint density at radius 3 is 2.14 bits per heavy atom. The van der Waals surface area contributed by atoms with Crippen molar-refractivity contribution in [2.45, 2.75) is 12.0 Å². The number of alkyl halides is 3. The van der Waals surface area contributed by atoms with E-state index in [1.807, 2.05) is 0 Å². The average Bonchev–Trinajstić information content (AvgIpc) is 2.46. The molecular weight excluding hydrogens is 305 g/mol. The van der Waals surface area contributed by atoms with Gasteiger partial charge >= 0.3 is 6.61 Å². The van der Waals surface area contributed by atoms with Gasteiger partial charge in [-0.1, -0.05) is 18.2 Å². The molecule has 0 aliphatic heterocycles. The summed E-state index contributed by atoms with van der Waals surface area (Å²) in [6, 6.07) is 10.3. The van der Waals surface area contributed by atoms with Crippen molar-refractivity contribution < 1.29 is 22.6 Å². The van der Waals surface area contributed by atoms with E-state index in [2.05, 4.69) is 4.74 Å². The first-order valence-corrected chi connectivity index (χ1v) is 6.47. The van der Waals surface area contributed by atoms with Crippen molar-refractivity contribution in [2.75, 3.05) is 7.11 Å². The third kappa shape index (κ3) is 3.82. The van der Waals surface area contributed by atoms with Gasteiger partial charge in [0.15, 0.2) is 11.6 Å². The van der Waals surface area contributed by atoms with Crippen LogP contribution in [0.4, 0.5) is 13.2 Å². The largest absolute Gasteiger partial charge is 0.494 e. The predicted molar refractivity (Wildman–Crippen MR) is 73.7 cm³/mol. The minimum absolute atomic E-state index is 0.0403. The lowest BCUT2D eigenvalue weighted by molar-refractivity contribution is -0.0498. The number of halogens is 4. The highest BCUT2D eigenvalue weighted by atomic mass is 35.5. The summed E-state index contributed by atoms with van der Waals surface area (Å²) in [5.74, 6) is -0.347. The third-order valence-electron chi connectivity index (χ3n) is 2.87. The molecule has 0 aromatic heterocycles. The van der Waals surface area contributed by atoms with E-state index in [1.165, 1.54) is 31.4 Å². The van der Waals surface area contributed by atoms with Gasteiger partial charge in [-0.25, -0.2) is 4.39 Å². The standard InChI is InChI=1S/C15H12ClF3O2/c1-20-13-7-4-10(8-12(13)17)14(16)9-2-5-11(6-3-9)21-15(18)19/h2-8,14-15H,1H3. The first-order chi connectivity index (χ1) is 10.0. The molecule has 0 aliphatic rings. The number of hydrogen-bond acceptors (Lipinski definition) is 2. The van der Waals surface area contributed by atoms with Crippen LogP contribution in [-0.4, -0.2) is 13.7 Å². The molecule has 0 saturated carbocycles. The molecule has 0 fully saturated rings. The molecule has 21 heavy (non-hydrogen) atoms. The highest BCUT2D eigenvalue weighted by molar-refractivity contribution is 6.22. The molecule has 1 atom stereocenters. The monoisotopic (exact) mass is 316 g/mol. The Hall–Kier alpha value is -1.88. The molecule has 0 aliphatic carbocycles. The van der Waals surface area contributed by atoms with E-state index < -0.39 is 17.8 Å². The van der Waals surface area contributed by atoms with Gasteiger partial charge in [-0.3, -0.25) is 0 Å². The number of hydrogen-bond donors (Lipinski definition) is 0. The van der Waals surface area contributed by atoms with E-state index >= 15 is 0 Å². The van der Waals surface area contributed by atoms with Crippen LogP contribution in [0.15, 0.2) is 42.5 Å². The molecule has 2 nitrogen and oxygen atoms in total. The molecule has 0 bridgehead atoms. The lowest BCUT2D eigenvalue weighted by atomic mass is 10.0. The molecule has 6 heteroatoms. The van der Waals surface area contributed by atoms with Crippen molar-refractivity contribution in [3.05, 3.63) is 59.4 Å². The van der Waals surface area contributed by atoms with Crippen molar-refractivity contribution in [2.24, 2.45) is 0 Å². The quantitative estimate of drug-likeness (QED) is 0.740. The molecule has 0 saturated heterocycles. The van der Waals surface area contributed by atoms with Crippen LogP contribution in [-0.2, 0) is 0 Å². The number of ether oxygens (including phenoxy) is 2. The van der Waals surface area contributed by atoms with Gasteiger partial charge in [-0.15, -0.1) is 11.6 Å². The number of methoxy groups -OCH3 is 1. The SMILES string of the molecule is COc1ccc(C(Cl)c2ccc(OC(F)F)cc2)cc1F. The lowest BCUT2D eigenvalue weighted by Gasteiger charge is -2.12. The molecule has 0 radical (unpaired) electrons. The fourth-order valence-corrected chi connectivity index (χ4v) is 2.13. The maximum absolute atomic E-state index is 13.6. The first kappa shape index (κ1) is 15.5. The zero-order chi connectivity index (χ0) is 15.4. The second-order valence-corrected chi connectivity index (χ2v) is 4.64. The van der Waals surface area contributed by atoms with Gasteiger partial charge in [0.25, 0.3) is 0 Å². The summed E-state index contributed by atoms with van der Waals surface area (Å²) in [5, 5.41) is -0.606. The van der Waals surface area contributed by atoms with Crippen LogP contribution in [0.3, 0.4) is 0 Å². The van der Waals surface area contributed by atoms with Crippen LogP contribution in [0, 0.1) is 5.82 Å². The normalized spacial score (nSPS) is 12.3. The van der Waals surface area contributed by atoms with E-state index in [4.69, 9.17) is 16.3 Å². The Morgan fingerprint density at radius 2 is 1.62 bits per heavy atom. The van der Waals surface area contributed by atoms with E-state index in [-0.39, 0.29) is 11.5 Å². The molecule has 0 spiro atoms. The summed E-state index contributed by atoms with van der Waals surface area (Å²) in [7, 11) is 1.37. The summed E-state index contributed by atoms with van der Waals surface area (Å²) in [6.07, 6.45) is 0. The van der Waals surface area contributed by atoms with Gasteiger partial charge in [-0.2, -0.15) is 8.78 Å². The van der Waals surface area contributed by atoms with E-state index in [0.717, 1.165) is 0 Å². The maximum Gasteiger partial charge on any atom is 0.387 e. The van der Waals surface area contributed by atoms with Crippen LogP contribution in [0.2, 0.25) is 0 Å². The van der Waals surface area contributed by atoms with Crippen molar-refractivity contribution in [3.63, 3.8) is 0 Å². The molecule has 112 valence electrons. The lowest BCUT2D eigenvalue weighted by Crippen LogP contribution is -2.02. The summed E-state index contributed by atoms with van der Waals surface area (Å²) in [6.45, 7) is -2.88. The zero-order valence-corrected chi connectivity index (χ0v) is 11.8. The molecule has 2 rings (SSSR count).